The van der Waals surface area contributed by atoms with Crippen molar-refractivity contribution in [3.8, 4) is 0 Å². The molecule has 6 nitrogen and oxygen atoms in total. The van der Waals surface area contributed by atoms with Crippen LogP contribution in [-0.4, -0.2) is 17.9 Å². The van der Waals surface area contributed by atoms with Gasteiger partial charge >= 0.3 is 0 Å². The van der Waals surface area contributed by atoms with E-state index in [4.69, 9.17) is 4.55 Å². The average molecular weight is 231 g/mol. The Kier molecular flexibility index (Phi) is 3.06. The molecule has 1 unspecified atom stereocenters. The first kappa shape index (κ1) is 11.6. The van der Waals surface area contributed by atoms with E-state index in [1.807, 2.05) is 0 Å². The van der Waals surface area contributed by atoms with Crippen LogP contribution < -0.4 is 0 Å². The molecule has 1 N–H and O–H groups in total. The topological polar surface area (TPSA) is 97.5 Å². The number of nitrogens with zero attached hydrogens (tertiary/aromatic N) is 1. The lowest BCUT2D eigenvalue weighted by Crippen LogP contribution is -2.08. The monoisotopic (exact) mass is 231 g/mol. The highest BCUT2D eigenvalue weighted by molar-refractivity contribution is 7.86. The Hall–Kier alpha value is -1.47. The number of rotatable bonds is 3. The summed E-state index contributed by atoms with van der Waals surface area (Å²) in [6.45, 7) is 1.30. The second kappa shape index (κ2) is 3.95. The molecule has 0 aliphatic carbocycles. The highest BCUT2D eigenvalue weighted by Crippen LogP contribution is 2.22. The number of nitro benzene ring substituents is 1. The van der Waals surface area contributed by atoms with Gasteiger partial charge in [0.1, 0.15) is 5.25 Å². The molecule has 7 heteroatoms. The number of non-ortho nitro benzene ring substituents is 1. The fourth-order valence-corrected chi connectivity index (χ4v) is 1.54. The SMILES string of the molecule is CC(c1ccc([N+](=O)[O-])cc1)S(=O)(=O)O. The highest BCUT2D eigenvalue weighted by atomic mass is 32.2. The third kappa shape index (κ3) is 2.74. The summed E-state index contributed by atoms with van der Waals surface area (Å²) < 4.78 is 30.3. The van der Waals surface area contributed by atoms with E-state index in [1.54, 1.807) is 0 Å². The first-order valence-electron chi connectivity index (χ1n) is 4.03. The number of benzene rings is 1. The van der Waals surface area contributed by atoms with Crippen molar-refractivity contribution in [2.24, 2.45) is 0 Å². The summed E-state index contributed by atoms with van der Waals surface area (Å²) in [6.07, 6.45) is 0. The van der Waals surface area contributed by atoms with Crippen LogP contribution in [0.3, 0.4) is 0 Å². The summed E-state index contributed by atoms with van der Waals surface area (Å²) >= 11 is 0. The molecule has 1 aromatic rings. The van der Waals surface area contributed by atoms with E-state index in [2.05, 4.69) is 0 Å². The van der Waals surface area contributed by atoms with Crippen molar-refractivity contribution >= 4 is 15.8 Å². The van der Waals surface area contributed by atoms with Gasteiger partial charge in [-0.2, -0.15) is 8.42 Å². The average Bonchev–Trinajstić information content (AvgIpc) is 2.15. The molecule has 0 bridgehead atoms. The predicted octanol–water partition coefficient (Wildman–Crippen LogP) is 1.54. The Labute approximate surface area is 86.4 Å². The molecule has 0 amide bonds. The molecular formula is C8H9NO5S. The molecule has 0 fully saturated rings. The Morgan fingerprint density at radius 2 is 1.80 bits per heavy atom. The molecule has 0 aliphatic rings. The molecule has 1 aromatic carbocycles. The van der Waals surface area contributed by atoms with E-state index >= 15 is 0 Å². The van der Waals surface area contributed by atoms with E-state index in [1.165, 1.54) is 31.2 Å². The van der Waals surface area contributed by atoms with Crippen molar-refractivity contribution in [1.29, 1.82) is 0 Å². The summed E-state index contributed by atoms with van der Waals surface area (Å²) in [5, 5.41) is 9.23. The Balaban J connectivity index is 3.05. The molecular weight excluding hydrogens is 222 g/mol. The molecule has 0 spiro atoms. The van der Waals surface area contributed by atoms with Gasteiger partial charge in [0.25, 0.3) is 15.8 Å². The van der Waals surface area contributed by atoms with Gasteiger partial charge in [0.15, 0.2) is 0 Å². The standard InChI is InChI=1S/C8H9NO5S/c1-6(15(12,13)14)7-2-4-8(5-3-7)9(10)11/h2-6H,1H3,(H,12,13,14). The minimum atomic E-state index is -4.16. The zero-order valence-electron chi connectivity index (χ0n) is 7.82. The molecule has 0 radical (unpaired) electrons. The van der Waals surface area contributed by atoms with Crippen molar-refractivity contribution in [3.05, 3.63) is 39.9 Å². The number of hydrogen-bond donors (Lipinski definition) is 1. The van der Waals surface area contributed by atoms with Crippen molar-refractivity contribution in [1.82, 2.24) is 0 Å². The summed E-state index contributed by atoms with van der Waals surface area (Å²) in [5.41, 5.74) is 0.185. The van der Waals surface area contributed by atoms with Crippen LogP contribution in [0.2, 0.25) is 0 Å². The molecule has 1 rings (SSSR count). The normalized spacial score (nSPS) is 13.5. The molecule has 1 atom stereocenters. The minimum absolute atomic E-state index is 0.124. The third-order valence-corrected chi connectivity index (χ3v) is 3.19. The van der Waals surface area contributed by atoms with Crippen LogP contribution in [0.1, 0.15) is 17.7 Å². The van der Waals surface area contributed by atoms with Crippen LogP contribution >= 0.6 is 0 Å². The van der Waals surface area contributed by atoms with Crippen molar-refractivity contribution < 1.29 is 17.9 Å². The van der Waals surface area contributed by atoms with E-state index in [0.29, 0.717) is 5.56 Å². The minimum Gasteiger partial charge on any atom is -0.285 e. The van der Waals surface area contributed by atoms with Gasteiger partial charge in [0.2, 0.25) is 0 Å². The summed E-state index contributed by atoms with van der Waals surface area (Å²) in [7, 11) is -4.16. The lowest BCUT2D eigenvalue weighted by molar-refractivity contribution is -0.384. The Bertz CT molecular complexity index is 464. The van der Waals surface area contributed by atoms with Gasteiger partial charge in [-0.1, -0.05) is 12.1 Å². The maximum absolute atomic E-state index is 10.8. The summed E-state index contributed by atoms with van der Waals surface area (Å²) in [4.78, 5) is 9.74. The third-order valence-electron chi connectivity index (χ3n) is 2.02. The first-order valence-corrected chi connectivity index (χ1v) is 5.53. The Morgan fingerprint density at radius 3 is 2.13 bits per heavy atom. The molecule has 0 aromatic heterocycles. The smallest absolute Gasteiger partial charge is 0.271 e. The van der Waals surface area contributed by atoms with Crippen molar-refractivity contribution in [2.75, 3.05) is 0 Å². The lowest BCUT2D eigenvalue weighted by atomic mass is 10.1. The zero-order chi connectivity index (χ0) is 11.6. The molecule has 0 saturated heterocycles. The van der Waals surface area contributed by atoms with E-state index < -0.39 is 20.3 Å². The second-order valence-corrected chi connectivity index (χ2v) is 4.74. The van der Waals surface area contributed by atoms with Crippen molar-refractivity contribution in [2.45, 2.75) is 12.2 Å². The number of nitro groups is 1. The van der Waals surface area contributed by atoms with Gasteiger partial charge in [-0.15, -0.1) is 0 Å². The summed E-state index contributed by atoms with van der Waals surface area (Å²) in [5.74, 6) is 0. The fraction of sp³-hybridized carbons (Fsp3) is 0.250. The second-order valence-electron chi connectivity index (χ2n) is 3.01. The molecule has 15 heavy (non-hydrogen) atoms. The number of hydrogen-bond acceptors (Lipinski definition) is 4. The van der Waals surface area contributed by atoms with Crippen molar-refractivity contribution in [3.63, 3.8) is 0 Å². The predicted molar refractivity (Wildman–Crippen MR) is 53.1 cm³/mol. The molecule has 82 valence electrons. The molecule has 0 saturated carbocycles. The summed E-state index contributed by atoms with van der Waals surface area (Å²) in [6, 6.07) is 4.99. The maximum atomic E-state index is 10.8. The van der Waals surface area contributed by atoms with Gasteiger partial charge in [-0.25, -0.2) is 0 Å². The lowest BCUT2D eigenvalue weighted by Gasteiger charge is -2.07. The largest absolute Gasteiger partial charge is 0.285 e. The van der Waals surface area contributed by atoms with Crippen LogP contribution in [0.15, 0.2) is 24.3 Å². The fourth-order valence-electron chi connectivity index (χ4n) is 1.04. The van der Waals surface area contributed by atoms with Gasteiger partial charge < -0.3 is 0 Å². The van der Waals surface area contributed by atoms with Gasteiger partial charge in [-0.05, 0) is 12.5 Å². The van der Waals surface area contributed by atoms with Gasteiger partial charge in [-0.3, -0.25) is 14.7 Å². The zero-order valence-corrected chi connectivity index (χ0v) is 8.64. The van der Waals surface area contributed by atoms with Crippen LogP contribution in [0.5, 0.6) is 0 Å². The van der Waals surface area contributed by atoms with E-state index in [9.17, 15) is 18.5 Å². The van der Waals surface area contributed by atoms with Crippen LogP contribution in [0, 0.1) is 10.1 Å². The maximum Gasteiger partial charge on any atom is 0.271 e. The van der Waals surface area contributed by atoms with Gasteiger partial charge in [0, 0.05) is 12.1 Å². The molecule has 0 aliphatic heterocycles. The highest BCUT2D eigenvalue weighted by Gasteiger charge is 2.19. The van der Waals surface area contributed by atoms with Crippen LogP contribution in [0.4, 0.5) is 5.69 Å². The first-order chi connectivity index (χ1) is 6.82. The Morgan fingerprint density at radius 1 is 1.33 bits per heavy atom. The van der Waals surface area contributed by atoms with E-state index in [0.717, 1.165) is 0 Å². The molecule has 0 heterocycles. The van der Waals surface area contributed by atoms with Gasteiger partial charge in [0.05, 0.1) is 4.92 Å². The quantitative estimate of drug-likeness (QED) is 0.483. The van der Waals surface area contributed by atoms with E-state index in [-0.39, 0.29) is 5.69 Å². The van der Waals surface area contributed by atoms with Crippen LogP contribution in [0.25, 0.3) is 0 Å². The van der Waals surface area contributed by atoms with Crippen LogP contribution in [-0.2, 0) is 10.1 Å².